The van der Waals surface area contributed by atoms with Crippen LogP contribution >= 0.6 is 0 Å². The van der Waals surface area contributed by atoms with Crippen LogP contribution in [0.5, 0.6) is 0 Å². The predicted molar refractivity (Wildman–Crippen MR) is 83.0 cm³/mol. The number of aromatic nitrogens is 1. The van der Waals surface area contributed by atoms with Crippen LogP contribution in [-0.2, 0) is 9.53 Å². The number of carbonyl (C=O) groups excluding carboxylic acids is 3. The number of aromatic amines is 1. The molecule has 122 valence electrons. The molecule has 0 aliphatic carbocycles. The Bertz CT molecular complexity index is 602. The van der Waals surface area contributed by atoms with Gasteiger partial charge in [0.2, 0.25) is 5.91 Å². The third-order valence-electron chi connectivity index (χ3n) is 3.88. The van der Waals surface area contributed by atoms with E-state index in [4.69, 9.17) is 4.74 Å². The van der Waals surface area contributed by atoms with Gasteiger partial charge in [-0.3, -0.25) is 9.59 Å². The highest BCUT2D eigenvalue weighted by Gasteiger charge is 2.29. The highest BCUT2D eigenvalue weighted by molar-refractivity contribution is 6.06. The molecule has 6 nitrogen and oxygen atoms in total. The summed E-state index contributed by atoms with van der Waals surface area (Å²) < 4.78 is 4.70. The van der Waals surface area contributed by atoms with Crippen molar-refractivity contribution in [3.05, 3.63) is 22.5 Å². The third kappa shape index (κ3) is 3.21. The van der Waals surface area contributed by atoms with Crippen LogP contribution in [-0.4, -0.2) is 47.7 Å². The molecule has 0 saturated carbocycles. The zero-order valence-electron chi connectivity index (χ0n) is 14.2. The van der Waals surface area contributed by atoms with Gasteiger partial charge in [-0.25, -0.2) is 4.79 Å². The van der Waals surface area contributed by atoms with Crippen molar-refractivity contribution in [3.63, 3.8) is 0 Å². The van der Waals surface area contributed by atoms with E-state index in [1.807, 2.05) is 0 Å². The summed E-state index contributed by atoms with van der Waals surface area (Å²) >= 11 is 0. The molecule has 1 aromatic rings. The minimum Gasteiger partial charge on any atom is -0.464 e. The number of rotatable bonds is 5. The number of nitrogens with zero attached hydrogens (tertiary/aromatic N) is 1. The topological polar surface area (TPSA) is 79.5 Å². The van der Waals surface area contributed by atoms with E-state index >= 15 is 0 Å². The minimum atomic E-state index is -0.603. The van der Waals surface area contributed by atoms with Crippen LogP contribution in [0.25, 0.3) is 0 Å². The molecule has 1 heterocycles. The molecule has 0 fully saturated rings. The van der Waals surface area contributed by atoms with Gasteiger partial charge in [0.1, 0.15) is 5.69 Å². The lowest BCUT2D eigenvalue weighted by Crippen LogP contribution is -2.42. The van der Waals surface area contributed by atoms with Crippen LogP contribution in [0.3, 0.4) is 0 Å². The van der Waals surface area contributed by atoms with Gasteiger partial charge >= 0.3 is 5.97 Å². The van der Waals surface area contributed by atoms with E-state index in [0.29, 0.717) is 16.8 Å². The van der Waals surface area contributed by atoms with Gasteiger partial charge in [0.25, 0.3) is 0 Å². The SMILES string of the molecule is COC(=O)c1[nH]c(C)c(C(=O)[C@@H](C)N(C)C(=O)C(C)C)c1C. The van der Waals surface area contributed by atoms with Gasteiger partial charge in [-0.1, -0.05) is 13.8 Å². The number of methoxy groups -OCH3 is 1. The molecule has 0 bridgehead atoms. The Morgan fingerprint density at radius 3 is 2.14 bits per heavy atom. The summed E-state index contributed by atoms with van der Waals surface area (Å²) in [4.78, 5) is 40.8. The van der Waals surface area contributed by atoms with Crippen molar-refractivity contribution in [3.8, 4) is 0 Å². The van der Waals surface area contributed by atoms with Crippen molar-refractivity contribution < 1.29 is 19.1 Å². The van der Waals surface area contributed by atoms with Crippen LogP contribution in [0.2, 0.25) is 0 Å². The standard InChI is InChI=1S/C16H24N2O4/c1-8(2)15(20)18(6)11(5)14(19)12-9(3)13(16(21)22-7)17-10(12)4/h8,11,17H,1-7H3/t11-/m1/s1. The van der Waals surface area contributed by atoms with Crippen LogP contribution in [0, 0.1) is 19.8 Å². The maximum absolute atomic E-state index is 12.7. The zero-order chi connectivity index (χ0) is 17.2. The van der Waals surface area contributed by atoms with Gasteiger partial charge in [0, 0.05) is 24.2 Å². The molecular weight excluding hydrogens is 284 g/mol. The molecule has 1 rings (SSSR count). The van der Waals surface area contributed by atoms with E-state index < -0.39 is 12.0 Å². The second-order valence-electron chi connectivity index (χ2n) is 5.76. The smallest absolute Gasteiger partial charge is 0.354 e. The van der Waals surface area contributed by atoms with Gasteiger partial charge in [-0.2, -0.15) is 0 Å². The molecule has 6 heteroatoms. The molecule has 0 saturated heterocycles. The number of Topliss-reactive ketones (excluding diaryl/α,β-unsaturated/α-hetero) is 1. The fourth-order valence-electron chi connectivity index (χ4n) is 2.41. The zero-order valence-corrected chi connectivity index (χ0v) is 14.2. The Morgan fingerprint density at radius 1 is 1.14 bits per heavy atom. The van der Waals surface area contributed by atoms with E-state index in [0.717, 1.165) is 0 Å². The molecular formula is C16H24N2O4. The lowest BCUT2D eigenvalue weighted by atomic mass is 9.99. The highest BCUT2D eigenvalue weighted by atomic mass is 16.5. The summed E-state index contributed by atoms with van der Waals surface area (Å²) in [6.07, 6.45) is 0. The average molecular weight is 308 g/mol. The van der Waals surface area contributed by atoms with E-state index in [9.17, 15) is 14.4 Å². The fourth-order valence-corrected chi connectivity index (χ4v) is 2.41. The summed E-state index contributed by atoms with van der Waals surface area (Å²) in [5, 5.41) is 0. The number of ketones is 1. The maximum atomic E-state index is 12.7. The first-order valence-electron chi connectivity index (χ1n) is 7.21. The largest absolute Gasteiger partial charge is 0.464 e. The highest BCUT2D eigenvalue weighted by Crippen LogP contribution is 2.22. The number of esters is 1. The first-order chi connectivity index (χ1) is 10.1. The first-order valence-corrected chi connectivity index (χ1v) is 7.21. The Labute approximate surface area is 130 Å². The molecule has 22 heavy (non-hydrogen) atoms. The quantitative estimate of drug-likeness (QED) is 0.667. The predicted octanol–water partition coefficient (Wildman–Crippen LogP) is 2.10. The second kappa shape index (κ2) is 6.77. The van der Waals surface area contributed by atoms with Crippen molar-refractivity contribution >= 4 is 17.7 Å². The van der Waals surface area contributed by atoms with E-state index in [2.05, 4.69) is 4.98 Å². The number of hydrogen-bond donors (Lipinski definition) is 1. The van der Waals surface area contributed by atoms with Crippen molar-refractivity contribution in [2.75, 3.05) is 14.2 Å². The van der Waals surface area contributed by atoms with Gasteiger partial charge in [-0.15, -0.1) is 0 Å². The number of aryl methyl sites for hydroxylation is 1. The van der Waals surface area contributed by atoms with Gasteiger partial charge in [0.05, 0.1) is 13.2 Å². The molecule has 0 aliphatic rings. The molecule has 0 aliphatic heterocycles. The van der Waals surface area contributed by atoms with Crippen molar-refractivity contribution in [2.24, 2.45) is 5.92 Å². The molecule has 1 N–H and O–H groups in total. The van der Waals surface area contributed by atoms with Crippen molar-refractivity contribution in [1.29, 1.82) is 0 Å². The molecule has 0 radical (unpaired) electrons. The Balaban J connectivity index is 3.16. The molecule has 0 spiro atoms. The molecule has 0 aromatic carbocycles. The molecule has 1 atom stereocenters. The number of H-pyrrole nitrogens is 1. The summed E-state index contributed by atoms with van der Waals surface area (Å²) in [6, 6.07) is -0.603. The van der Waals surface area contributed by atoms with Gasteiger partial charge in [0.15, 0.2) is 5.78 Å². The Morgan fingerprint density at radius 2 is 1.68 bits per heavy atom. The second-order valence-corrected chi connectivity index (χ2v) is 5.76. The fraction of sp³-hybridized carbons (Fsp3) is 0.562. The van der Waals surface area contributed by atoms with Gasteiger partial charge < -0.3 is 14.6 Å². The van der Waals surface area contributed by atoms with Gasteiger partial charge in [-0.05, 0) is 26.3 Å². The molecule has 1 aromatic heterocycles. The monoisotopic (exact) mass is 308 g/mol. The number of nitrogens with one attached hydrogen (secondary N) is 1. The number of likely N-dealkylation sites (N-methyl/N-ethyl adjacent to an activating group) is 1. The first kappa shape index (κ1) is 17.9. The van der Waals surface area contributed by atoms with E-state index in [1.54, 1.807) is 41.7 Å². The van der Waals surface area contributed by atoms with Crippen LogP contribution in [0.1, 0.15) is 52.9 Å². The van der Waals surface area contributed by atoms with Crippen molar-refractivity contribution in [1.82, 2.24) is 9.88 Å². The molecule has 1 amide bonds. The van der Waals surface area contributed by atoms with Crippen molar-refractivity contribution in [2.45, 2.75) is 40.7 Å². The summed E-state index contributed by atoms with van der Waals surface area (Å²) in [6.45, 7) is 8.69. The normalized spacial score (nSPS) is 12.2. The van der Waals surface area contributed by atoms with E-state index in [-0.39, 0.29) is 23.3 Å². The number of carbonyl (C=O) groups is 3. The summed E-state index contributed by atoms with van der Waals surface area (Å²) in [7, 11) is 2.90. The lowest BCUT2D eigenvalue weighted by molar-refractivity contribution is -0.134. The molecule has 0 unspecified atom stereocenters. The average Bonchev–Trinajstić information content (AvgIpc) is 2.78. The van der Waals surface area contributed by atoms with Crippen LogP contribution in [0.4, 0.5) is 0 Å². The van der Waals surface area contributed by atoms with Crippen LogP contribution < -0.4 is 0 Å². The minimum absolute atomic E-state index is 0.0973. The number of ether oxygens (including phenoxy) is 1. The summed E-state index contributed by atoms with van der Waals surface area (Å²) in [5.74, 6) is -0.990. The third-order valence-corrected chi connectivity index (χ3v) is 3.88. The number of amides is 1. The lowest BCUT2D eigenvalue weighted by Gasteiger charge is -2.25. The summed E-state index contributed by atoms with van der Waals surface area (Å²) in [5.41, 5.74) is 1.86. The Hall–Kier alpha value is -2.11. The maximum Gasteiger partial charge on any atom is 0.354 e. The Kier molecular flexibility index (Phi) is 5.52. The van der Waals surface area contributed by atoms with Crippen LogP contribution in [0.15, 0.2) is 0 Å². The number of hydrogen-bond acceptors (Lipinski definition) is 4. The van der Waals surface area contributed by atoms with E-state index in [1.165, 1.54) is 12.0 Å².